The van der Waals surface area contributed by atoms with Crippen molar-refractivity contribution in [1.82, 2.24) is 0 Å². The number of carbonyl (C=O) groups is 1. The van der Waals surface area contributed by atoms with Gasteiger partial charge in [-0.15, -0.1) is 11.3 Å². The van der Waals surface area contributed by atoms with Crippen LogP contribution in [-0.2, 0) is 0 Å². The molecule has 0 spiro atoms. The molecule has 2 aromatic rings. The van der Waals surface area contributed by atoms with Crippen molar-refractivity contribution in [3.8, 4) is 0 Å². The van der Waals surface area contributed by atoms with E-state index in [-0.39, 0.29) is 11.7 Å². The van der Waals surface area contributed by atoms with E-state index in [1.165, 1.54) is 0 Å². The monoisotopic (exact) mass is 272 g/mol. The lowest BCUT2D eigenvalue weighted by Gasteiger charge is -2.22. The molecule has 1 aromatic heterocycles. The first-order chi connectivity index (χ1) is 9.15. The van der Waals surface area contributed by atoms with Crippen LogP contribution >= 0.6 is 11.3 Å². The molecule has 1 aromatic carbocycles. The molecule has 0 saturated carbocycles. The van der Waals surface area contributed by atoms with Crippen molar-refractivity contribution in [2.45, 2.75) is 33.1 Å². The van der Waals surface area contributed by atoms with E-state index >= 15 is 0 Å². The van der Waals surface area contributed by atoms with Gasteiger partial charge in [-0.3, -0.25) is 4.79 Å². The fraction of sp³-hybridized carbons (Fsp3) is 0.353. The fourth-order valence-electron chi connectivity index (χ4n) is 2.44. The molecule has 0 bridgehead atoms. The third-order valence-electron chi connectivity index (χ3n) is 3.78. The number of thiophene rings is 1. The molecule has 1 nitrogen and oxygen atoms in total. The van der Waals surface area contributed by atoms with Gasteiger partial charge >= 0.3 is 0 Å². The molecule has 1 heterocycles. The predicted molar refractivity (Wildman–Crippen MR) is 82.0 cm³/mol. The summed E-state index contributed by atoms with van der Waals surface area (Å²) in [6.45, 7) is 6.34. The Kier molecular flexibility index (Phi) is 4.54. The van der Waals surface area contributed by atoms with Crippen LogP contribution in [0.15, 0.2) is 41.8 Å². The fourth-order valence-corrected chi connectivity index (χ4v) is 3.15. The summed E-state index contributed by atoms with van der Waals surface area (Å²) >= 11 is 1.64. The van der Waals surface area contributed by atoms with Gasteiger partial charge in [0.05, 0.1) is 0 Å². The first kappa shape index (κ1) is 14.0. The molecule has 0 fully saturated rings. The van der Waals surface area contributed by atoms with Crippen LogP contribution in [0.2, 0.25) is 0 Å². The van der Waals surface area contributed by atoms with Gasteiger partial charge in [0, 0.05) is 16.4 Å². The van der Waals surface area contributed by atoms with Gasteiger partial charge < -0.3 is 0 Å². The summed E-state index contributed by atoms with van der Waals surface area (Å²) in [6, 6.07) is 12.1. The molecule has 0 N–H and O–H groups in total. The molecule has 0 amide bonds. The number of hydrogen-bond donors (Lipinski definition) is 0. The summed E-state index contributed by atoms with van der Waals surface area (Å²) in [5.74, 6) is 0.591. The Morgan fingerprint density at radius 1 is 1.21 bits per heavy atom. The average Bonchev–Trinajstić information content (AvgIpc) is 2.86. The highest BCUT2D eigenvalue weighted by Crippen LogP contribution is 2.32. The maximum absolute atomic E-state index is 12.8. The smallest absolute Gasteiger partial charge is 0.171 e. The van der Waals surface area contributed by atoms with Crippen LogP contribution in [0.5, 0.6) is 0 Å². The van der Waals surface area contributed by atoms with Gasteiger partial charge in [0.25, 0.3) is 0 Å². The van der Waals surface area contributed by atoms with Gasteiger partial charge in [0.2, 0.25) is 0 Å². The number of hydrogen-bond acceptors (Lipinski definition) is 2. The van der Waals surface area contributed by atoms with Crippen LogP contribution in [0.4, 0.5) is 0 Å². The number of rotatable bonds is 5. The average molecular weight is 272 g/mol. The number of ketones is 1. The molecule has 2 rings (SSSR count). The summed E-state index contributed by atoms with van der Waals surface area (Å²) in [4.78, 5) is 14.0. The van der Waals surface area contributed by atoms with E-state index in [1.54, 1.807) is 11.3 Å². The van der Waals surface area contributed by atoms with Gasteiger partial charge in [0.1, 0.15) is 0 Å². The standard InChI is InChI=1S/C17H20OS/c1-4-12(2)16(14-8-6-5-7-9-14)17(18)15-10-11-19-13(15)3/h5-12,16H,4H2,1-3H3. The Morgan fingerprint density at radius 3 is 2.42 bits per heavy atom. The first-order valence-corrected chi connectivity index (χ1v) is 7.66. The Bertz CT molecular complexity index is 541. The van der Waals surface area contributed by atoms with E-state index in [0.717, 1.165) is 22.4 Å². The van der Waals surface area contributed by atoms with Crippen LogP contribution in [0.3, 0.4) is 0 Å². The zero-order valence-electron chi connectivity index (χ0n) is 11.7. The lowest BCUT2D eigenvalue weighted by molar-refractivity contribution is 0.0932. The van der Waals surface area contributed by atoms with Crippen molar-refractivity contribution < 1.29 is 4.79 Å². The van der Waals surface area contributed by atoms with Crippen molar-refractivity contribution in [2.75, 3.05) is 0 Å². The second-order valence-electron chi connectivity index (χ2n) is 5.03. The highest BCUT2D eigenvalue weighted by molar-refractivity contribution is 7.10. The lowest BCUT2D eigenvalue weighted by Crippen LogP contribution is -2.20. The van der Waals surface area contributed by atoms with Crippen molar-refractivity contribution in [2.24, 2.45) is 5.92 Å². The van der Waals surface area contributed by atoms with Gasteiger partial charge in [-0.2, -0.15) is 0 Å². The van der Waals surface area contributed by atoms with Gasteiger partial charge in [-0.1, -0.05) is 50.6 Å². The van der Waals surface area contributed by atoms with E-state index in [0.29, 0.717) is 5.92 Å². The Labute approximate surface area is 119 Å². The van der Waals surface area contributed by atoms with Crippen molar-refractivity contribution in [3.63, 3.8) is 0 Å². The maximum Gasteiger partial charge on any atom is 0.171 e. The van der Waals surface area contributed by atoms with Crippen molar-refractivity contribution in [3.05, 3.63) is 57.8 Å². The SMILES string of the molecule is CCC(C)C(C(=O)c1ccsc1C)c1ccccc1. The summed E-state index contributed by atoms with van der Waals surface area (Å²) < 4.78 is 0. The molecule has 0 aliphatic carbocycles. The molecule has 0 radical (unpaired) electrons. The molecule has 0 saturated heterocycles. The number of carbonyl (C=O) groups excluding carboxylic acids is 1. The minimum Gasteiger partial charge on any atom is -0.293 e. The van der Waals surface area contributed by atoms with E-state index in [4.69, 9.17) is 0 Å². The Morgan fingerprint density at radius 2 is 1.89 bits per heavy atom. The zero-order chi connectivity index (χ0) is 13.8. The maximum atomic E-state index is 12.8. The molecule has 0 aliphatic rings. The number of Topliss-reactive ketones (excluding diaryl/α,β-unsaturated/α-hetero) is 1. The third-order valence-corrected chi connectivity index (χ3v) is 4.62. The van der Waals surface area contributed by atoms with Gasteiger partial charge in [-0.05, 0) is 29.9 Å². The molecule has 0 aliphatic heterocycles. The van der Waals surface area contributed by atoms with E-state index in [1.807, 2.05) is 36.6 Å². The minimum absolute atomic E-state index is 0.0282. The molecule has 19 heavy (non-hydrogen) atoms. The topological polar surface area (TPSA) is 17.1 Å². The van der Waals surface area contributed by atoms with Crippen LogP contribution < -0.4 is 0 Å². The van der Waals surface area contributed by atoms with Crippen molar-refractivity contribution in [1.29, 1.82) is 0 Å². The first-order valence-electron chi connectivity index (χ1n) is 6.78. The molecule has 2 heteroatoms. The van der Waals surface area contributed by atoms with E-state index in [2.05, 4.69) is 26.0 Å². The van der Waals surface area contributed by atoms with Crippen LogP contribution in [0.1, 0.15) is 47.0 Å². The Hall–Kier alpha value is -1.41. The zero-order valence-corrected chi connectivity index (χ0v) is 12.5. The quantitative estimate of drug-likeness (QED) is 0.694. The second kappa shape index (κ2) is 6.16. The number of aryl methyl sites for hydroxylation is 1. The summed E-state index contributed by atoms with van der Waals surface area (Å²) in [5, 5.41) is 2.00. The lowest BCUT2D eigenvalue weighted by atomic mass is 9.80. The van der Waals surface area contributed by atoms with Gasteiger partial charge in [0.15, 0.2) is 5.78 Å². The normalized spacial score (nSPS) is 14.1. The Balaban J connectivity index is 2.39. The van der Waals surface area contributed by atoms with Crippen LogP contribution in [-0.4, -0.2) is 5.78 Å². The number of benzene rings is 1. The minimum atomic E-state index is -0.0282. The molecular weight excluding hydrogens is 252 g/mol. The second-order valence-corrected chi connectivity index (χ2v) is 6.15. The van der Waals surface area contributed by atoms with Crippen LogP contribution in [0, 0.1) is 12.8 Å². The largest absolute Gasteiger partial charge is 0.293 e. The van der Waals surface area contributed by atoms with Gasteiger partial charge in [-0.25, -0.2) is 0 Å². The summed E-state index contributed by atoms with van der Waals surface area (Å²) in [5.41, 5.74) is 2.02. The van der Waals surface area contributed by atoms with Crippen LogP contribution in [0.25, 0.3) is 0 Å². The predicted octanol–water partition coefficient (Wildman–Crippen LogP) is 5.07. The highest BCUT2D eigenvalue weighted by Gasteiger charge is 2.27. The molecule has 2 atom stereocenters. The molecular formula is C17H20OS. The summed E-state index contributed by atoms with van der Waals surface area (Å²) in [7, 11) is 0. The highest BCUT2D eigenvalue weighted by atomic mass is 32.1. The molecule has 2 unspecified atom stereocenters. The van der Waals surface area contributed by atoms with E-state index < -0.39 is 0 Å². The third kappa shape index (κ3) is 2.95. The summed E-state index contributed by atoms with van der Waals surface area (Å²) in [6.07, 6.45) is 1.01. The van der Waals surface area contributed by atoms with E-state index in [9.17, 15) is 4.79 Å². The van der Waals surface area contributed by atoms with Crippen molar-refractivity contribution >= 4 is 17.1 Å². The molecule has 100 valence electrons.